The molecule has 0 aliphatic rings. The van der Waals surface area contributed by atoms with Crippen molar-refractivity contribution in [2.75, 3.05) is 0 Å². The highest BCUT2D eigenvalue weighted by Gasteiger charge is 2.01. The number of rotatable bonds is 8. The first kappa shape index (κ1) is 29.5. The first-order valence-electron chi connectivity index (χ1n) is 8.43. The van der Waals surface area contributed by atoms with Crippen LogP contribution in [-0.4, -0.2) is 0 Å². The monoisotopic (exact) mass is 312 g/mol. The zero-order valence-corrected chi connectivity index (χ0v) is 15.6. The fourth-order valence-electron chi connectivity index (χ4n) is 1.53. The molecule has 22 heavy (non-hydrogen) atoms. The highest BCUT2D eigenvalue weighted by atomic mass is 14.1. The van der Waals surface area contributed by atoms with E-state index in [4.69, 9.17) is 0 Å². The molecule has 0 saturated heterocycles. The zero-order valence-electron chi connectivity index (χ0n) is 15.6. The third-order valence-electron chi connectivity index (χ3n) is 3.72. The predicted octanol–water partition coefficient (Wildman–Crippen LogP) is 8.54. The average molecular weight is 313 g/mol. The van der Waals surface area contributed by atoms with E-state index in [1.54, 1.807) is 0 Å². The van der Waals surface area contributed by atoms with Crippen molar-refractivity contribution in [3.63, 3.8) is 0 Å². The van der Waals surface area contributed by atoms with Gasteiger partial charge in [0.1, 0.15) is 0 Å². The van der Waals surface area contributed by atoms with Gasteiger partial charge < -0.3 is 0 Å². The first-order chi connectivity index (χ1) is 9.07. The molecule has 0 bridgehead atoms. The van der Waals surface area contributed by atoms with Crippen LogP contribution < -0.4 is 0 Å². The second-order valence-corrected chi connectivity index (χ2v) is 7.49. The molecule has 0 unspecified atom stereocenters. The van der Waals surface area contributed by atoms with Crippen molar-refractivity contribution in [2.24, 2.45) is 23.7 Å². The van der Waals surface area contributed by atoms with E-state index in [2.05, 4.69) is 68.5 Å². The molecule has 0 spiro atoms. The molecule has 136 valence electrons. The van der Waals surface area contributed by atoms with Gasteiger partial charge in [0, 0.05) is 0 Å². The Morgan fingerprint density at radius 3 is 0.955 bits per heavy atom. The molecule has 0 rings (SSSR count). The Kier molecular flexibility index (Phi) is 22.6. The Labute approximate surface area is 144 Å². The summed E-state index contributed by atoms with van der Waals surface area (Å²) in [7, 11) is 0. The zero-order chi connectivity index (χ0) is 16.3. The lowest BCUT2D eigenvalue weighted by atomic mass is 9.96. The molecule has 0 aliphatic carbocycles. The number of hydrogen-bond donors (Lipinski definition) is 0. The van der Waals surface area contributed by atoms with Crippen LogP contribution in [0.15, 0.2) is 24.3 Å². The van der Waals surface area contributed by atoms with E-state index in [1.807, 2.05) is 0 Å². The fraction of sp³-hybridized carbons (Fsp3) is 0.818. The Bertz CT molecular complexity index is 225. The molecule has 0 aromatic carbocycles. The lowest BCUT2D eigenvalue weighted by Crippen LogP contribution is -1.95. The lowest BCUT2D eigenvalue weighted by molar-refractivity contribution is 0.561. The summed E-state index contributed by atoms with van der Waals surface area (Å²) >= 11 is 0. The van der Waals surface area contributed by atoms with Gasteiger partial charge in [-0.2, -0.15) is 0 Å². The van der Waals surface area contributed by atoms with E-state index in [9.17, 15) is 0 Å². The normalized spacial score (nSPS) is 10.0. The maximum atomic E-state index is 4.03. The largest absolute Gasteiger partial charge is 0.0996 e. The molecule has 0 aromatic rings. The van der Waals surface area contributed by atoms with Crippen molar-refractivity contribution in [3.05, 3.63) is 24.3 Å². The Balaban J connectivity index is -0.000000135. The fourth-order valence-corrected chi connectivity index (χ4v) is 1.53. The summed E-state index contributed by atoms with van der Waals surface area (Å²) < 4.78 is 0. The smallest absolute Gasteiger partial charge is 0.0263 e. The Hall–Kier alpha value is -0.520. The molecule has 0 aliphatic heterocycles. The van der Waals surface area contributed by atoms with Gasteiger partial charge in [0.2, 0.25) is 0 Å². The van der Waals surface area contributed by atoms with Crippen LogP contribution in [0.25, 0.3) is 0 Å². The first-order valence-corrected chi connectivity index (χ1v) is 8.43. The maximum Gasteiger partial charge on any atom is -0.0263 e. The molecular formula is C22H48. The molecule has 0 heterocycles. The Morgan fingerprint density at radius 2 is 0.818 bits per heavy atom. The van der Waals surface area contributed by atoms with Gasteiger partial charge in [0.25, 0.3) is 0 Å². The SMILES string of the molecule is C.C.C=C(CCC(C)C)C(C)C.C=C(CCC(C)C)C(C)C. The van der Waals surface area contributed by atoms with E-state index >= 15 is 0 Å². The highest BCUT2D eigenvalue weighted by Crippen LogP contribution is 2.17. The summed E-state index contributed by atoms with van der Waals surface area (Å²) in [4.78, 5) is 0. The predicted molar refractivity (Wildman–Crippen MR) is 110 cm³/mol. The summed E-state index contributed by atoms with van der Waals surface area (Å²) in [5.74, 6) is 2.96. The van der Waals surface area contributed by atoms with Gasteiger partial charge >= 0.3 is 0 Å². The summed E-state index contributed by atoms with van der Waals surface area (Å²) in [6.07, 6.45) is 4.98. The quantitative estimate of drug-likeness (QED) is 0.394. The summed E-state index contributed by atoms with van der Waals surface area (Å²) in [6, 6.07) is 0. The van der Waals surface area contributed by atoms with Gasteiger partial charge in [-0.15, -0.1) is 0 Å². The summed E-state index contributed by atoms with van der Waals surface area (Å²) in [6.45, 7) is 25.9. The third-order valence-corrected chi connectivity index (χ3v) is 3.72. The van der Waals surface area contributed by atoms with Crippen molar-refractivity contribution in [3.8, 4) is 0 Å². The van der Waals surface area contributed by atoms with Crippen molar-refractivity contribution >= 4 is 0 Å². The maximum absolute atomic E-state index is 4.03. The van der Waals surface area contributed by atoms with Crippen LogP contribution in [0.3, 0.4) is 0 Å². The van der Waals surface area contributed by atoms with Crippen LogP contribution in [0.4, 0.5) is 0 Å². The molecule has 0 saturated carbocycles. The standard InChI is InChI=1S/2C10H20.2CH4/c2*1-8(2)6-7-10(5)9(3)4;;/h2*8-9H,5-7H2,1-4H3;2*1H4. The van der Waals surface area contributed by atoms with E-state index < -0.39 is 0 Å². The molecule has 0 amide bonds. The van der Waals surface area contributed by atoms with Crippen LogP contribution >= 0.6 is 0 Å². The summed E-state index contributed by atoms with van der Waals surface area (Å²) in [5, 5.41) is 0. The minimum Gasteiger partial charge on any atom is -0.0996 e. The van der Waals surface area contributed by atoms with E-state index in [-0.39, 0.29) is 14.9 Å². The Morgan fingerprint density at radius 1 is 0.591 bits per heavy atom. The minimum absolute atomic E-state index is 0. The van der Waals surface area contributed by atoms with E-state index in [1.165, 1.54) is 36.8 Å². The molecule has 0 fully saturated rings. The van der Waals surface area contributed by atoms with Crippen molar-refractivity contribution in [2.45, 2.75) is 95.9 Å². The van der Waals surface area contributed by atoms with Crippen LogP contribution in [0.2, 0.25) is 0 Å². The van der Waals surface area contributed by atoms with Gasteiger partial charge in [-0.05, 0) is 49.4 Å². The number of hydrogen-bond acceptors (Lipinski definition) is 0. The van der Waals surface area contributed by atoms with Crippen molar-refractivity contribution in [1.29, 1.82) is 0 Å². The highest BCUT2D eigenvalue weighted by molar-refractivity contribution is 4.97. The van der Waals surface area contributed by atoms with E-state index in [0.29, 0.717) is 11.8 Å². The molecule has 0 N–H and O–H groups in total. The van der Waals surface area contributed by atoms with Gasteiger partial charge in [0.05, 0.1) is 0 Å². The molecule has 0 radical (unpaired) electrons. The van der Waals surface area contributed by atoms with Crippen LogP contribution in [0.5, 0.6) is 0 Å². The third kappa shape index (κ3) is 21.8. The van der Waals surface area contributed by atoms with Crippen molar-refractivity contribution in [1.82, 2.24) is 0 Å². The molecule has 0 atom stereocenters. The molecular weight excluding hydrogens is 264 g/mol. The van der Waals surface area contributed by atoms with Gasteiger partial charge in [0.15, 0.2) is 0 Å². The van der Waals surface area contributed by atoms with Gasteiger partial charge in [-0.3, -0.25) is 0 Å². The lowest BCUT2D eigenvalue weighted by Gasteiger charge is -2.10. The summed E-state index contributed by atoms with van der Waals surface area (Å²) in [5.41, 5.74) is 2.79. The number of allylic oxidation sites excluding steroid dienone is 2. The van der Waals surface area contributed by atoms with Gasteiger partial charge in [-0.1, -0.05) is 94.5 Å². The second-order valence-electron chi connectivity index (χ2n) is 7.49. The average Bonchev–Trinajstić information content (AvgIpc) is 2.33. The van der Waals surface area contributed by atoms with Crippen LogP contribution in [0, 0.1) is 23.7 Å². The molecule has 0 nitrogen and oxygen atoms in total. The van der Waals surface area contributed by atoms with Crippen LogP contribution in [-0.2, 0) is 0 Å². The minimum atomic E-state index is 0. The van der Waals surface area contributed by atoms with E-state index in [0.717, 1.165) is 11.8 Å². The molecule has 0 aromatic heterocycles. The topological polar surface area (TPSA) is 0 Å². The van der Waals surface area contributed by atoms with Gasteiger partial charge in [-0.25, -0.2) is 0 Å². The second kappa shape index (κ2) is 16.8. The van der Waals surface area contributed by atoms with Crippen molar-refractivity contribution < 1.29 is 0 Å². The molecule has 0 heteroatoms. The van der Waals surface area contributed by atoms with Crippen LogP contribution in [0.1, 0.15) is 95.9 Å².